The SMILES string of the molecule is CN(CC(=O)NCc1ccco1)C(=O)c1ccc(Cl)c(S(=O)(=O)NCc2ccccc2)c1. The van der Waals surface area contributed by atoms with Crippen molar-refractivity contribution < 1.29 is 22.4 Å². The Balaban J connectivity index is 1.66. The van der Waals surface area contributed by atoms with E-state index in [0.29, 0.717) is 5.76 Å². The summed E-state index contributed by atoms with van der Waals surface area (Å²) in [5.74, 6) is -0.319. The zero-order valence-electron chi connectivity index (χ0n) is 17.2. The van der Waals surface area contributed by atoms with Gasteiger partial charge in [0.1, 0.15) is 10.7 Å². The smallest absolute Gasteiger partial charge is 0.254 e. The van der Waals surface area contributed by atoms with Crippen LogP contribution in [0.4, 0.5) is 0 Å². The molecule has 1 heterocycles. The van der Waals surface area contributed by atoms with Crippen molar-refractivity contribution in [3.8, 4) is 0 Å². The van der Waals surface area contributed by atoms with Crippen LogP contribution in [0.15, 0.2) is 76.2 Å². The number of hydrogen-bond donors (Lipinski definition) is 2. The Hall–Kier alpha value is -3.14. The molecule has 8 nitrogen and oxygen atoms in total. The number of hydrogen-bond acceptors (Lipinski definition) is 5. The van der Waals surface area contributed by atoms with Gasteiger partial charge in [-0.1, -0.05) is 41.9 Å². The van der Waals surface area contributed by atoms with Crippen molar-refractivity contribution in [3.05, 3.63) is 88.8 Å². The quantitative estimate of drug-likeness (QED) is 0.494. The molecule has 0 aliphatic heterocycles. The summed E-state index contributed by atoms with van der Waals surface area (Å²) in [6.07, 6.45) is 1.50. The van der Waals surface area contributed by atoms with E-state index in [1.807, 2.05) is 6.07 Å². The van der Waals surface area contributed by atoms with Crippen LogP contribution in [0.25, 0.3) is 0 Å². The number of sulfonamides is 1. The first-order chi connectivity index (χ1) is 15.3. The third kappa shape index (κ3) is 6.19. The van der Waals surface area contributed by atoms with Gasteiger partial charge in [0.05, 0.1) is 24.4 Å². The van der Waals surface area contributed by atoms with E-state index >= 15 is 0 Å². The number of nitrogens with zero attached hydrogens (tertiary/aromatic N) is 1. The van der Waals surface area contributed by atoms with Crippen molar-refractivity contribution in [2.24, 2.45) is 0 Å². The molecule has 2 N–H and O–H groups in total. The summed E-state index contributed by atoms with van der Waals surface area (Å²) in [6, 6.07) is 16.4. The van der Waals surface area contributed by atoms with E-state index < -0.39 is 15.9 Å². The molecule has 0 fully saturated rings. The Morgan fingerprint density at radius 1 is 1.03 bits per heavy atom. The lowest BCUT2D eigenvalue weighted by Crippen LogP contribution is -2.38. The third-order valence-corrected chi connectivity index (χ3v) is 6.43. The topological polar surface area (TPSA) is 109 Å². The molecule has 1 aromatic heterocycles. The minimum Gasteiger partial charge on any atom is -0.467 e. The number of rotatable bonds is 9. The Labute approximate surface area is 191 Å². The summed E-state index contributed by atoms with van der Waals surface area (Å²) in [7, 11) is -2.52. The number of amides is 2. The van der Waals surface area contributed by atoms with Gasteiger partial charge in [-0.25, -0.2) is 13.1 Å². The number of nitrogens with one attached hydrogen (secondary N) is 2. The molecule has 0 saturated carbocycles. The van der Waals surface area contributed by atoms with Gasteiger partial charge in [0.15, 0.2) is 0 Å². The molecular weight excluding hydrogens is 454 g/mol. The predicted octanol–water partition coefficient (Wildman–Crippen LogP) is 2.80. The molecule has 3 aromatic rings. The molecule has 0 aliphatic rings. The summed E-state index contributed by atoms with van der Waals surface area (Å²) in [4.78, 5) is 25.8. The molecule has 32 heavy (non-hydrogen) atoms. The molecule has 0 radical (unpaired) electrons. The molecule has 2 aromatic carbocycles. The molecule has 0 unspecified atom stereocenters. The monoisotopic (exact) mass is 475 g/mol. The summed E-state index contributed by atoms with van der Waals surface area (Å²) in [6.45, 7) is 0.0637. The molecule has 2 amide bonds. The second-order valence-electron chi connectivity index (χ2n) is 6.97. The van der Waals surface area contributed by atoms with Gasteiger partial charge >= 0.3 is 0 Å². The van der Waals surface area contributed by atoms with E-state index in [9.17, 15) is 18.0 Å². The first-order valence-electron chi connectivity index (χ1n) is 9.64. The number of carbonyl (C=O) groups is 2. The zero-order valence-corrected chi connectivity index (χ0v) is 18.8. The predicted molar refractivity (Wildman–Crippen MR) is 119 cm³/mol. The minimum absolute atomic E-state index is 0.0130. The van der Waals surface area contributed by atoms with Gasteiger partial charge in [-0.2, -0.15) is 0 Å². The molecule has 3 rings (SSSR count). The summed E-state index contributed by atoms with van der Waals surface area (Å²) in [5.41, 5.74) is 0.871. The highest BCUT2D eigenvalue weighted by Gasteiger charge is 2.22. The maximum Gasteiger partial charge on any atom is 0.254 e. The van der Waals surface area contributed by atoms with Crippen molar-refractivity contribution in [2.45, 2.75) is 18.0 Å². The van der Waals surface area contributed by atoms with Gasteiger partial charge in [-0.05, 0) is 35.9 Å². The van der Waals surface area contributed by atoms with Crippen molar-refractivity contribution in [2.75, 3.05) is 13.6 Å². The van der Waals surface area contributed by atoms with Gasteiger partial charge < -0.3 is 14.6 Å². The highest BCUT2D eigenvalue weighted by atomic mass is 35.5. The van der Waals surface area contributed by atoms with Crippen LogP contribution in [0.3, 0.4) is 0 Å². The highest BCUT2D eigenvalue weighted by molar-refractivity contribution is 7.89. The lowest BCUT2D eigenvalue weighted by atomic mass is 10.2. The maximum atomic E-state index is 12.8. The maximum absolute atomic E-state index is 12.8. The minimum atomic E-state index is -3.97. The molecule has 0 aliphatic carbocycles. The lowest BCUT2D eigenvalue weighted by molar-refractivity contribution is -0.121. The van der Waals surface area contributed by atoms with E-state index in [0.717, 1.165) is 5.56 Å². The number of likely N-dealkylation sites (N-methyl/N-ethyl adjacent to an activating group) is 1. The summed E-state index contributed by atoms with van der Waals surface area (Å²) >= 11 is 6.10. The van der Waals surface area contributed by atoms with Crippen LogP contribution in [0.2, 0.25) is 5.02 Å². The van der Waals surface area contributed by atoms with Crippen LogP contribution in [0.5, 0.6) is 0 Å². The van der Waals surface area contributed by atoms with Crippen LogP contribution in [0, 0.1) is 0 Å². The normalized spacial score (nSPS) is 11.2. The largest absolute Gasteiger partial charge is 0.467 e. The molecule has 0 atom stereocenters. The second kappa shape index (κ2) is 10.4. The van der Waals surface area contributed by atoms with E-state index in [1.54, 1.807) is 36.4 Å². The van der Waals surface area contributed by atoms with Gasteiger partial charge in [0.25, 0.3) is 5.91 Å². The number of benzene rings is 2. The summed E-state index contributed by atoms with van der Waals surface area (Å²) < 4.78 is 33.1. The fourth-order valence-corrected chi connectivity index (χ4v) is 4.40. The molecular formula is C22H22ClN3O5S. The Kier molecular flexibility index (Phi) is 7.68. The van der Waals surface area contributed by atoms with E-state index in [2.05, 4.69) is 10.0 Å². The first kappa shape index (κ1) is 23.5. The van der Waals surface area contributed by atoms with Gasteiger partial charge in [-0.3, -0.25) is 9.59 Å². The van der Waals surface area contributed by atoms with Crippen LogP contribution >= 0.6 is 11.6 Å². The van der Waals surface area contributed by atoms with Crippen molar-refractivity contribution >= 4 is 33.4 Å². The Morgan fingerprint density at radius 3 is 2.47 bits per heavy atom. The lowest BCUT2D eigenvalue weighted by Gasteiger charge is -2.17. The van der Waals surface area contributed by atoms with Crippen LogP contribution in [-0.4, -0.2) is 38.7 Å². The van der Waals surface area contributed by atoms with Gasteiger partial charge in [-0.15, -0.1) is 0 Å². The summed E-state index contributed by atoms with van der Waals surface area (Å²) in [5, 5.41) is 2.63. The molecule has 0 bridgehead atoms. The van der Waals surface area contributed by atoms with Gasteiger partial charge in [0, 0.05) is 19.2 Å². The average Bonchev–Trinajstić information content (AvgIpc) is 3.30. The fourth-order valence-electron chi connectivity index (χ4n) is 2.86. The van der Waals surface area contributed by atoms with Crippen LogP contribution in [0.1, 0.15) is 21.7 Å². The Bertz CT molecular complexity index is 1180. The molecule has 168 valence electrons. The first-order valence-corrected chi connectivity index (χ1v) is 11.5. The van der Waals surface area contributed by atoms with Crippen molar-refractivity contribution in [1.82, 2.24) is 14.9 Å². The van der Waals surface area contributed by atoms with E-state index in [1.165, 1.54) is 36.4 Å². The van der Waals surface area contributed by atoms with Gasteiger partial charge in [0.2, 0.25) is 15.9 Å². The second-order valence-corrected chi connectivity index (χ2v) is 9.12. The van der Waals surface area contributed by atoms with E-state index in [-0.39, 0.29) is 41.0 Å². The number of carbonyl (C=O) groups excluding carboxylic acids is 2. The van der Waals surface area contributed by atoms with E-state index in [4.69, 9.17) is 16.0 Å². The molecule has 0 saturated heterocycles. The number of halogens is 1. The van der Waals surface area contributed by atoms with Crippen molar-refractivity contribution in [3.63, 3.8) is 0 Å². The van der Waals surface area contributed by atoms with Crippen LogP contribution in [-0.2, 0) is 27.9 Å². The fraction of sp³-hybridized carbons (Fsp3) is 0.182. The van der Waals surface area contributed by atoms with Crippen LogP contribution < -0.4 is 10.0 Å². The third-order valence-electron chi connectivity index (χ3n) is 4.54. The standard InChI is InChI=1S/C22H22ClN3O5S/c1-26(15-21(27)24-14-18-8-5-11-31-18)22(28)17-9-10-19(23)20(12-17)32(29,30)25-13-16-6-3-2-4-7-16/h2-12,25H,13-15H2,1H3,(H,24,27). The zero-order chi connectivity index (χ0) is 23.1. The Morgan fingerprint density at radius 2 is 1.78 bits per heavy atom. The average molecular weight is 476 g/mol. The number of furan rings is 1. The molecule has 10 heteroatoms. The highest BCUT2D eigenvalue weighted by Crippen LogP contribution is 2.23. The van der Waals surface area contributed by atoms with Crippen molar-refractivity contribution in [1.29, 1.82) is 0 Å². The molecule has 0 spiro atoms.